The lowest BCUT2D eigenvalue weighted by atomic mass is 10.1. The molecule has 3 heteroatoms. The van der Waals surface area contributed by atoms with Gasteiger partial charge in [0.2, 0.25) is 0 Å². The molecule has 0 aliphatic heterocycles. The van der Waals surface area contributed by atoms with E-state index in [1.807, 2.05) is 6.07 Å². The average molecular weight is 168 g/mol. The van der Waals surface area contributed by atoms with Crippen LogP contribution in [0.15, 0.2) is 18.2 Å². The predicted octanol–water partition coefficient (Wildman–Crippen LogP) is 2.11. The highest BCUT2D eigenvalue weighted by molar-refractivity contribution is 6.30. The van der Waals surface area contributed by atoms with Gasteiger partial charge in [0.1, 0.15) is 5.75 Å². The normalized spacial score (nSPS) is 9.09. The van der Waals surface area contributed by atoms with Gasteiger partial charge in [-0.2, -0.15) is 5.26 Å². The maximum absolute atomic E-state index is 9.16. The molecule has 0 atom stereocenters. The number of hydrogen-bond donors (Lipinski definition) is 1. The van der Waals surface area contributed by atoms with Crippen LogP contribution in [0.2, 0.25) is 5.02 Å². The summed E-state index contributed by atoms with van der Waals surface area (Å²) in [7, 11) is 0. The molecule has 0 unspecified atom stereocenters. The van der Waals surface area contributed by atoms with E-state index in [9.17, 15) is 0 Å². The summed E-state index contributed by atoms with van der Waals surface area (Å²) in [6.45, 7) is 0. The molecule has 0 amide bonds. The van der Waals surface area contributed by atoms with E-state index in [1.165, 1.54) is 6.07 Å². The Kier molecular flexibility index (Phi) is 2.35. The highest BCUT2D eigenvalue weighted by Gasteiger charge is 1.99. The van der Waals surface area contributed by atoms with E-state index >= 15 is 0 Å². The molecule has 2 nitrogen and oxygen atoms in total. The van der Waals surface area contributed by atoms with E-state index in [2.05, 4.69) is 0 Å². The second kappa shape index (κ2) is 3.27. The zero-order chi connectivity index (χ0) is 8.27. The molecule has 0 bridgehead atoms. The van der Waals surface area contributed by atoms with Crippen LogP contribution in [0.25, 0.3) is 0 Å². The van der Waals surface area contributed by atoms with Crippen LogP contribution in [-0.4, -0.2) is 5.11 Å². The summed E-state index contributed by atoms with van der Waals surface area (Å²) >= 11 is 5.63. The molecule has 0 saturated carbocycles. The number of phenolic OH excluding ortho intramolecular Hbond substituents is 1. The molecule has 0 saturated heterocycles. The van der Waals surface area contributed by atoms with Crippen molar-refractivity contribution >= 4 is 11.6 Å². The van der Waals surface area contributed by atoms with Gasteiger partial charge in [-0.05, 0) is 18.2 Å². The first-order chi connectivity index (χ1) is 5.24. The monoisotopic (exact) mass is 167 g/mol. The summed E-state index contributed by atoms with van der Waals surface area (Å²) < 4.78 is 0. The highest BCUT2D eigenvalue weighted by Crippen LogP contribution is 2.21. The number of phenols is 1. The Morgan fingerprint density at radius 1 is 1.55 bits per heavy atom. The molecule has 1 rings (SSSR count). The molecule has 0 heterocycles. The number of aromatic hydroxyl groups is 1. The molecule has 0 aliphatic carbocycles. The number of benzene rings is 1. The fraction of sp³-hybridized carbons (Fsp3) is 0.125. The van der Waals surface area contributed by atoms with Gasteiger partial charge in [0.25, 0.3) is 0 Å². The lowest BCUT2D eigenvalue weighted by molar-refractivity contribution is 0.470. The quantitative estimate of drug-likeness (QED) is 0.696. The van der Waals surface area contributed by atoms with Gasteiger partial charge in [0.15, 0.2) is 0 Å². The Morgan fingerprint density at radius 3 is 2.91 bits per heavy atom. The lowest BCUT2D eigenvalue weighted by Gasteiger charge is -1.98. The zero-order valence-electron chi connectivity index (χ0n) is 5.71. The molecule has 1 N–H and O–H groups in total. The first kappa shape index (κ1) is 7.90. The van der Waals surface area contributed by atoms with Crippen molar-refractivity contribution in [1.82, 2.24) is 0 Å². The number of rotatable bonds is 1. The average Bonchev–Trinajstić information content (AvgIpc) is 1.98. The summed E-state index contributed by atoms with van der Waals surface area (Å²) in [6.07, 6.45) is 0.187. The van der Waals surface area contributed by atoms with Gasteiger partial charge in [0.05, 0.1) is 12.5 Å². The number of halogens is 1. The zero-order valence-corrected chi connectivity index (χ0v) is 6.47. The summed E-state index contributed by atoms with van der Waals surface area (Å²) in [4.78, 5) is 0. The summed E-state index contributed by atoms with van der Waals surface area (Å²) in [6, 6.07) is 6.58. The Bertz CT molecular complexity index is 303. The molecule has 0 radical (unpaired) electrons. The maximum Gasteiger partial charge on any atom is 0.119 e. The van der Waals surface area contributed by atoms with Gasteiger partial charge in [0, 0.05) is 10.6 Å². The van der Waals surface area contributed by atoms with Gasteiger partial charge >= 0.3 is 0 Å². The predicted molar refractivity (Wildman–Crippen MR) is 42.4 cm³/mol. The van der Waals surface area contributed by atoms with Crippen LogP contribution in [0.4, 0.5) is 0 Å². The van der Waals surface area contributed by atoms with Crippen molar-refractivity contribution in [2.24, 2.45) is 0 Å². The second-order valence-electron chi connectivity index (χ2n) is 2.11. The lowest BCUT2D eigenvalue weighted by Crippen LogP contribution is -1.81. The fourth-order valence-corrected chi connectivity index (χ4v) is 0.976. The molecule has 0 fully saturated rings. The van der Waals surface area contributed by atoms with Crippen molar-refractivity contribution in [2.75, 3.05) is 0 Å². The molecule has 11 heavy (non-hydrogen) atoms. The van der Waals surface area contributed by atoms with Crippen LogP contribution < -0.4 is 0 Å². The van der Waals surface area contributed by atoms with E-state index in [-0.39, 0.29) is 12.2 Å². The number of nitriles is 1. The van der Waals surface area contributed by atoms with Crippen LogP contribution in [-0.2, 0) is 6.42 Å². The van der Waals surface area contributed by atoms with E-state index in [4.69, 9.17) is 22.0 Å². The van der Waals surface area contributed by atoms with E-state index in [0.717, 1.165) is 0 Å². The summed E-state index contributed by atoms with van der Waals surface area (Å²) in [5, 5.41) is 18.0. The van der Waals surface area contributed by atoms with Crippen LogP contribution in [0.5, 0.6) is 5.75 Å². The Hall–Kier alpha value is -1.20. The summed E-state index contributed by atoms with van der Waals surface area (Å²) in [5.41, 5.74) is 0.569. The Balaban J connectivity index is 3.05. The van der Waals surface area contributed by atoms with Crippen molar-refractivity contribution in [3.05, 3.63) is 28.8 Å². The minimum atomic E-state index is 0.121. The largest absolute Gasteiger partial charge is 0.508 e. The Morgan fingerprint density at radius 2 is 2.27 bits per heavy atom. The van der Waals surface area contributed by atoms with E-state index in [1.54, 1.807) is 12.1 Å². The Labute approximate surface area is 69.7 Å². The fourth-order valence-electron chi connectivity index (χ4n) is 0.781. The van der Waals surface area contributed by atoms with Crippen molar-refractivity contribution in [2.45, 2.75) is 6.42 Å². The molecule has 0 aromatic heterocycles. The molecule has 0 spiro atoms. The third kappa shape index (κ3) is 1.86. The van der Waals surface area contributed by atoms with Crippen LogP contribution in [0.3, 0.4) is 0 Å². The minimum Gasteiger partial charge on any atom is -0.508 e. The smallest absolute Gasteiger partial charge is 0.119 e. The molecule has 1 aromatic rings. The third-order valence-corrected chi connectivity index (χ3v) is 1.55. The minimum absolute atomic E-state index is 0.121. The SMILES string of the molecule is N#CCc1cc(Cl)ccc1O. The van der Waals surface area contributed by atoms with E-state index in [0.29, 0.717) is 10.6 Å². The molecular formula is C8H6ClNO. The number of hydrogen-bond acceptors (Lipinski definition) is 2. The van der Waals surface area contributed by atoms with Crippen molar-refractivity contribution in [3.63, 3.8) is 0 Å². The van der Waals surface area contributed by atoms with Gasteiger partial charge in [-0.3, -0.25) is 0 Å². The topological polar surface area (TPSA) is 44.0 Å². The summed E-state index contributed by atoms with van der Waals surface area (Å²) in [5.74, 6) is 0.121. The highest BCUT2D eigenvalue weighted by atomic mass is 35.5. The number of nitrogens with zero attached hydrogens (tertiary/aromatic N) is 1. The van der Waals surface area contributed by atoms with Gasteiger partial charge < -0.3 is 5.11 Å². The maximum atomic E-state index is 9.16. The standard InChI is InChI=1S/C8H6ClNO/c9-7-1-2-8(11)6(5-7)3-4-10/h1-2,5,11H,3H2. The second-order valence-corrected chi connectivity index (χ2v) is 2.54. The molecule has 1 aromatic carbocycles. The van der Waals surface area contributed by atoms with Crippen LogP contribution >= 0.6 is 11.6 Å². The van der Waals surface area contributed by atoms with Crippen molar-refractivity contribution < 1.29 is 5.11 Å². The van der Waals surface area contributed by atoms with Crippen molar-refractivity contribution in [3.8, 4) is 11.8 Å². The molecule has 56 valence electrons. The van der Waals surface area contributed by atoms with Gasteiger partial charge in [-0.25, -0.2) is 0 Å². The van der Waals surface area contributed by atoms with Crippen molar-refractivity contribution in [1.29, 1.82) is 5.26 Å². The first-order valence-corrected chi connectivity index (χ1v) is 3.46. The molecular weight excluding hydrogens is 162 g/mol. The third-order valence-electron chi connectivity index (χ3n) is 1.31. The van der Waals surface area contributed by atoms with Crippen LogP contribution in [0.1, 0.15) is 5.56 Å². The van der Waals surface area contributed by atoms with Gasteiger partial charge in [-0.1, -0.05) is 11.6 Å². The van der Waals surface area contributed by atoms with Crippen LogP contribution in [0, 0.1) is 11.3 Å². The molecule has 0 aliphatic rings. The van der Waals surface area contributed by atoms with E-state index < -0.39 is 0 Å². The first-order valence-electron chi connectivity index (χ1n) is 3.08. The van der Waals surface area contributed by atoms with Gasteiger partial charge in [-0.15, -0.1) is 0 Å².